The van der Waals surface area contributed by atoms with Crippen molar-refractivity contribution in [2.24, 2.45) is 5.92 Å². The van der Waals surface area contributed by atoms with E-state index >= 15 is 0 Å². The van der Waals surface area contributed by atoms with Gasteiger partial charge < -0.3 is 19.1 Å². The van der Waals surface area contributed by atoms with Crippen LogP contribution in [0.4, 0.5) is 0 Å². The maximum absolute atomic E-state index is 10.3. The van der Waals surface area contributed by atoms with Crippen LogP contribution in [0.3, 0.4) is 0 Å². The monoisotopic (exact) mass is 432 g/mol. The minimum absolute atomic E-state index is 0.133. The van der Waals surface area contributed by atoms with E-state index in [2.05, 4.69) is 38.8 Å². The van der Waals surface area contributed by atoms with E-state index in [4.69, 9.17) is 14.2 Å². The predicted molar refractivity (Wildman–Crippen MR) is 128 cm³/mol. The molecule has 5 heteroatoms. The van der Waals surface area contributed by atoms with Crippen molar-refractivity contribution in [3.63, 3.8) is 0 Å². The molecule has 0 spiro atoms. The Morgan fingerprint density at radius 3 is 2.06 bits per heavy atom. The second-order valence-electron chi connectivity index (χ2n) is 8.79. The molecule has 0 saturated heterocycles. The van der Waals surface area contributed by atoms with Crippen LogP contribution in [0, 0.1) is 17.2 Å². The third kappa shape index (κ3) is 7.31. The molecule has 0 amide bonds. The Morgan fingerprint density at radius 2 is 1.52 bits per heavy atom. The molecule has 0 unspecified atom stereocenters. The van der Waals surface area contributed by atoms with E-state index in [1.54, 1.807) is 21.3 Å². The molecule has 0 saturated carbocycles. The van der Waals surface area contributed by atoms with E-state index in [-0.39, 0.29) is 5.92 Å². The minimum atomic E-state index is -0.647. The highest BCUT2D eigenvalue weighted by Crippen LogP contribution is 2.48. The van der Waals surface area contributed by atoms with Gasteiger partial charge in [0.2, 0.25) is 5.75 Å². The van der Waals surface area contributed by atoms with Crippen molar-refractivity contribution in [1.29, 1.82) is 5.26 Å². The zero-order valence-electron chi connectivity index (χ0n) is 20.9. The highest BCUT2D eigenvalue weighted by molar-refractivity contribution is 5.59. The minimum Gasteiger partial charge on any atom is -0.493 e. The summed E-state index contributed by atoms with van der Waals surface area (Å²) < 4.78 is 16.7. The van der Waals surface area contributed by atoms with Gasteiger partial charge in [-0.25, -0.2) is 0 Å². The maximum Gasteiger partial charge on any atom is 0.203 e. The Morgan fingerprint density at radius 1 is 0.903 bits per heavy atom. The first-order valence-corrected chi connectivity index (χ1v) is 11.8. The van der Waals surface area contributed by atoms with Crippen molar-refractivity contribution in [2.45, 2.75) is 77.6 Å². The molecule has 0 aliphatic heterocycles. The van der Waals surface area contributed by atoms with E-state index in [0.717, 1.165) is 31.5 Å². The summed E-state index contributed by atoms with van der Waals surface area (Å²) in [6.45, 7) is 8.58. The normalized spacial score (nSPS) is 13.2. The molecule has 0 radical (unpaired) electrons. The molecular formula is C26H44N2O3. The molecule has 0 fully saturated rings. The van der Waals surface area contributed by atoms with Gasteiger partial charge in [-0.15, -0.1) is 0 Å². The summed E-state index contributed by atoms with van der Waals surface area (Å²) in [6, 6.07) is 6.48. The molecule has 0 N–H and O–H groups in total. The summed E-state index contributed by atoms with van der Waals surface area (Å²) in [7, 11) is 7.02. The third-order valence-corrected chi connectivity index (χ3v) is 6.37. The van der Waals surface area contributed by atoms with Crippen LogP contribution in [0.1, 0.15) is 77.7 Å². The highest BCUT2D eigenvalue weighted by atomic mass is 16.5. The molecule has 1 atom stereocenters. The zero-order valence-corrected chi connectivity index (χ0v) is 20.9. The van der Waals surface area contributed by atoms with Gasteiger partial charge in [0.1, 0.15) is 0 Å². The van der Waals surface area contributed by atoms with Gasteiger partial charge >= 0.3 is 0 Å². The van der Waals surface area contributed by atoms with Gasteiger partial charge in [-0.2, -0.15) is 5.26 Å². The number of rotatable bonds is 16. The Hall–Kier alpha value is -1.93. The number of methoxy groups -OCH3 is 3. The molecule has 31 heavy (non-hydrogen) atoms. The summed E-state index contributed by atoms with van der Waals surface area (Å²) in [4.78, 5) is 2.40. The lowest BCUT2D eigenvalue weighted by molar-refractivity contribution is 0.276. The van der Waals surface area contributed by atoms with Crippen molar-refractivity contribution in [2.75, 3.05) is 41.5 Å². The van der Waals surface area contributed by atoms with Crippen LogP contribution >= 0.6 is 0 Å². The lowest BCUT2D eigenvalue weighted by atomic mass is 9.69. The SMILES string of the molecule is CCCCCCCCN(C)CCC[C@](C#N)(c1ccc(OC)c(OC)c1OC)C(C)C. The molecule has 0 aliphatic rings. The summed E-state index contributed by atoms with van der Waals surface area (Å²) in [5.41, 5.74) is 0.232. The van der Waals surface area contributed by atoms with Gasteiger partial charge in [0.15, 0.2) is 11.5 Å². The smallest absolute Gasteiger partial charge is 0.203 e. The van der Waals surface area contributed by atoms with Crippen LogP contribution in [0.25, 0.3) is 0 Å². The second-order valence-corrected chi connectivity index (χ2v) is 8.79. The van der Waals surface area contributed by atoms with Gasteiger partial charge in [-0.1, -0.05) is 52.9 Å². The largest absolute Gasteiger partial charge is 0.493 e. The molecule has 0 bridgehead atoms. The van der Waals surface area contributed by atoms with E-state index < -0.39 is 5.41 Å². The number of benzene rings is 1. The molecule has 1 aromatic carbocycles. The van der Waals surface area contributed by atoms with Crippen molar-refractivity contribution in [3.05, 3.63) is 17.7 Å². The molecular weight excluding hydrogens is 388 g/mol. The summed E-state index contributed by atoms with van der Waals surface area (Å²) in [5.74, 6) is 1.88. The van der Waals surface area contributed by atoms with Crippen LogP contribution in [0.5, 0.6) is 17.2 Å². The second kappa shape index (κ2) is 14.2. The topological polar surface area (TPSA) is 54.7 Å². The molecule has 0 heterocycles. The number of nitriles is 1. The summed E-state index contributed by atoms with van der Waals surface area (Å²) in [5, 5.41) is 10.3. The van der Waals surface area contributed by atoms with Gasteiger partial charge in [0.25, 0.3) is 0 Å². The van der Waals surface area contributed by atoms with Crippen LogP contribution in [-0.2, 0) is 5.41 Å². The van der Waals surface area contributed by atoms with E-state index in [9.17, 15) is 5.26 Å². The molecule has 0 aliphatic carbocycles. The third-order valence-electron chi connectivity index (χ3n) is 6.37. The van der Waals surface area contributed by atoms with Crippen LogP contribution in [-0.4, -0.2) is 46.4 Å². The standard InChI is InChI=1S/C26H44N2O3/c1-8-9-10-11-12-13-18-28(4)19-14-17-26(20-27,21(2)3)22-15-16-23(29-5)25(31-7)24(22)30-6/h15-16,21H,8-14,17-19H2,1-7H3/t26-/m1/s1. The maximum atomic E-state index is 10.3. The Labute approximate surface area is 190 Å². The van der Waals surface area contributed by atoms with Crippen LogP contribution in [0.2, 0.25) is 0 Å². The van der Waals surface area contributed by atoms with Crippen LogP contribution in [0.15, 0.2) is 12.1 Å². The quantitative estimate of drug-likeness (QED) is 0.291. The highest BCUT2D eigenvalue weighted by Gasteiger charge is 2.39. The Kier molecular flexibility index (Phi) is 12.4. The molecule has 1 aromatic rings. The summed E-state index contributed by atoms with van der Waals surface area (Å²) >= 11 is 0. The van der Waals surface area contributed by atoms with E-state index in [1.165, 1.54) is 38.5 Å². The first-order valence-electron chi connectivity index (χ1n) is 11.8. The van der Waals surface area contributed by atoms with Gasteiger partial charge in [0.05, 0.1) is 32.8 Å². The zero-order chi connectivity index (χ0) is 23.3. The fraction of sp³-hybridized carbons (Fsp3) is 0.731. The van der Waals surface area contributed by atoms with E-state index in [1.807, 2.05) is 12.1 Å². The van der Waals surface area contributed by atoms with Gasteiger partial charge in [0, 0.05) is 5.56 Å². The predicted octanol–water partition coefficient (Wildman–Crippen LogP) is 6.20. The van der Waals surface area contributed by atoms with Gasteiger partial charge in [-0.3, -0.25) is 0 Å². The number of hydrogen-bond donors (Lipinski definition) is 0. The molecule has 1 rings (SSSR count). The molecule has 176 valence electrons. The Balaban J connectivity index is 2.87. The fourth-order valence-corrected chi connectivity index (χ4v) is 4.33. The van der Waals surface area contributed by atoms with Gasteiger partial charge in [-0.05, 0) is 57.5 Å². The van der Waals surface area contributed by atoms with Crippen molar-refractivity contribution in [3.8, 4) is 23.3 Å². The lowest BCUT2D eigenvalue weighted by Crippen LogP contribution is -2.33. The number of ether oxygens (including phenoxy) is 3. The fourth-order valence-electron chi connectivity index (χ4n) is 4.33. The average molecular weight is 433 g/mol. The number of unbranched alkanes of at least 4 members (excludes halogenated alkanes) is 5. The number of hydrogen-bond acceptors (Lipinski definition) is 5. The van der Waals surface area contributed by atoms with Crippen molar-refractivity contribution < 1.29 is 14.2 Å². The summed E-state index contributed by atoms with van der Waals surface area (Å²) in [6.07, 6.45) is 9.61. The first kappa shape index (κ1) is 27.1. The lowest BCUT2D eigenvalue weighted by Gasteiger charge is -2.34. The first-order chi connectivity index (χ1) is 14.9. The van der Waals surface area contributed by atoms with Crippen molar-refractivity contribution in [1.82, 2.24) is 4.90 Å². The number of nitrogens with zero attached hydrogens (tertiary/aromatic N) is 2. The molecule has 5 nitrogen and oxygen atoms in total. The molecule has 0 aromatic heterocycles. The van der Waals surface area contributed by atoms with Crippen LogP contribution < -0.4 is 14.2 Å². The Bertz CT molecular complexity index is 684. The average Bonchev–Trinajstić information content (AvgIpc) is 2.77. The van der Waals surface area contributed by atoms with E-state index in [0.29, 0.717) is 17.2 Å². The van der Waals surface area contributed by atoms with Crippen molar-refractivity contribution >= 4 is 0 Å².